The minimum Gasteiger partial charge on any atom is -0.267 e. The molecule has 1 aromatic rings. The van der Waals surface area contributed by atoms with Crippen LogP contribution in [0.1, 0.15) is 23.2 Å². The van der Waals surface area contributed by atoms with Crippen molar-refractivity contribution in [1.29, 1.82) is 0 Å². The highest BCUT2D eigenvalue weighted by Gasteiger charge is 2.37. The molecule has 0 spiro atoms. The van der Waals surface area contributed by atoms with Gasteiger partial charge in [0.05, 0.1) is 0 Å². The van der Waals surface area contributed by atoms with Gasteiger partial charge in [-0.3, -0.25) is 9.78 Å². The summed E-state index contributed by atoms with van der Waals surface area (Å²) in [6.07, 6.45) is 9.69. The number of allylic oxidation sites excluding steroid dienone is 2. The van der Waals surface area contributed by atoms with Crippen LogP contribution in [0.4, 0.5) is 0 Å². The fourth-order valence-electron chi connectivity index (χ4n) is 2.35. The minimum atomic E-state index is -0.172. The molecule has 1 fully saturated rings. The van der Waals surface area contributed by atoms with E-state index < -0.39 is 0 Å². The molecule has 0 unspecified atom stereocenters. The molecule has 0 radical (unpaired) electrons. The van der Waals surface area contributed by atoms with Crippen molar-refractivity contribution in [2.45, 2.75) is 12.8 Å². The highest BCUT2D eigenvalue weighted by atomic mass is 16.2. The quantitative estimate of drug-likeness (QED) is 0.618. The third kappa shape index (κ3) is 1.86. The number of nitrogens with one attached hydrogen (secondary N) is 1. The average molecular weight is 227 g/mol. The van der Waals surface area contributed by atoms with E-state index in [0.717, 1.165) is 18.6 Å². The Hall–Kier alpha value is -1.97. The van der Waals surface area contributed by atoms with E-state index in [4.69, 9.17) is 0 Å². The van der Waals surface area contributed by atoms with Gasteiger partial charge >= 0.3 is 0 Å². The van der Waals surface area contributed by atoms with Crippen molar-refractivity contribution < 1.29 is 4.79 Å². The van der Waals surface area contributed by atoms with E-state index in [0.29, 0.717) is 17.4 Å². The van der Waals surface area contributed by atoms with Crippen LogP contribution in [0.15, 0.2) is 41.8 Å². The fourth-order valence-corrected chi connectivity index (χ4v) is 2.35. The first kappa shape index (κ1) is 10.2. The van der Waals surface area contributed by atoms with E-state index in [1.54, 1.807) is 24.5 Å². The summed E-state index contributed by atoms with van der Waals surface area (Å²) in [5, 5.41) is 4.21. The van der Waals surface area contributed by atoms with E-state index >= 15 is 0 Å². The summed E-state index contributed by atoms with van der Waals surface area (Å²) in [7, 11) is 0. The van der Waals surface area contributed by atoms with E-state index in [1.165, 1.54) is 0 Å². The predicted molar refractivity (Wildman–Crippen MR) is 64.5 cm³/mol. The number of nitrogens with zero attached hydrogens (tertiary/aromatic N) is 2. The van der Waals surface area contributed by atoms with Crippen LogP contribution >= 0.6 is 0 Å². The van der Waals surface area contributed by atoms with Gasteiger partial charge in [0, 0.05) is 29.6 Å². The summed E-state index contributed by atoms with van der Waals surface area (Å²) >= 11 is 0. The predicted octanol–water partition coefficient (Wildman–Crippen LogP) is 1.76. The van der Waals surface area contributed by atoms with Crippen molar-refractivity contribution in [3.05, 3.63) is 42.2 Å². The van der Waals surface area contributed by atoms with Gasteiger partial charge in [0.25, 0.3) is 5.91 Å². The van der Waals surface area contributed by atoms with Gasteiger partial charge in [-0.05, 0) is 30.9 Å². The topological polar surface area (TPSA) is 54.4 Å². The maximum absolute atomic E-state index is 11.7. The van der Waals surface area contributed by atoms with Gasteiger partial charge < -0.3 is 0 Å². The Bertz CT molecular complexity index is 493. The highest BCUT2D eigenvalue weighted by molar-refractivity contribution is 5.97. The second kappa shape index (κ2) is 4.13. The number of hydrogen-bond donors (Lipinski definition) is 1. The molecule has 4 heteroatoms. The molecule has 2 atom stereocenters. The van der Waals surface area contributed by atoms with Gasteiger partial charge in [-0.1, -0.05) is 12.2 Å². The summed E-state index contributed by atoms with van der Waals surface area (Å²) in [5.74, 6) is 1.02. The molecule has 2 aliphatic carbocycles. The van der Waals surface area contributed by atoms with Crippen LogP contribution in [-0.4, -0.2) is 16.6 Å². The van der Waals surface area contributed by atoms with Crippen molar-refractivity contribution in [3.63, 3.8) is 0 Å². The molecule has 1 aromatic heterocycles. The van der Waals surface area contributed by atoms with E-state index in [-0.39, 0.29) is 5.91 Å². The largest absolute Gasteiger partial charge is 0.271 e. The molecule has 0 aromatic carbocycles. The van der Waals surface area contributed by atoms with Crippen LogP contribution in [0.3, 0.4) is 0 Å². The number of rotatable bonds is 2. The number of carbonyl (C=O) groups excluding carboxylic acids is 1. The van der Waals surface area contributed by atoms with Crippen LogP contribution in [0, 0.1) is 11.8 Å². The lowest BCUT2D eigenvalue weighted by atomic mass is 9.74. The normalized spacial score (nSPS) is 27.6. The maximum atomic E-state index is 11.7. The molecular formula is C13H13N3O. The summed E-state index contributed by atoms with van der Waals surface area (Å²) in [6, 6.07) is 3.35. The fraction of sp³-hybridized carbons (Fsp3) is 0.308. The molecule has 1 heterocycles. The molecule has 17 heavy (non-hydrogen) atoms. The smallest absolute Gasteiger partial charge is 0.267 e. The standard InChI is InChI=1S/C13H13N3O/c17-13(9-4-6-14-7-5-9)16-15-12-8-10-2-1-3-11(10)12/h1-2,4-7,10-11H,3,8H2,(H,16,17)/b15-12+/t10-,11+/m0/s1. The lowest BCUT2D eigenvalue weighted by Crippen LogP contribution is -2.35. The van der Waals surface area contributed by atoms with Gasteiger partial charge in [0.2, 0.25) is 0 Å². The zero-order chi connectivity index (χ0) is 11.7. The van der Waals surface area contributed by atoms with E-state index in [1.807, 2.05) is 0 Å². The molecule has 1 N–H and O–H groups in total. The second-order valence-corrected chi connectivity index (χ2v) is 4.42. The first-order valence-corrected chi connectivity index (χ1v) is 5.78. The van der Waals surface area contributed by atoms with Crippen LogP contribution in [0.5, 0.6) is 0 Å². The zero-order valence-electron chi connectivity index (χ0n) is 9.34. The Morgan fingerprint density at radius 2 is 2.24 bits per heavy atom. The summed E-state index contributed by atoms with van der Waals surface area (Å²) in [6.45, 7) is 0. The lowest BCUT2D eigenvalue weighted by Gasteiger charge is -2.31. The number of carbonyl (C=O) groups is 1. The SMILES string of the molecule is O=C(N/N=C1\C[C@@H]2C=CC[C@@H]12)c1ccncc1. The molecule has 0 bridgehead atoms. The van der Waals surface area contributed by atoms with Crippen molar-refractivity contribution in [3.8, 4) is 0 Å². The summed E-state index contributed by atoms with van der Waals surface area (Å²) in [5.41, 5.74) is 4.31. The van der Waals surface area contributed by atoms with Crippen LogP contribution < -0.4 is 5.43 Å². The van der Waals surface area contributed by atoms with Crippen LogP contribution in [0.25, 0.3) is 0 Å². The number of hydrazone groups is 1. The second-order valence-electron chi connectivity index (χ2n) is 4.42. The summed E-state index contributed by atoms with van der Waals surface area (Å²) in [4.78, 5) is 15.6. The lowest BCUT2D eigenvalue weighted by molar-refractivity contribution is 0.0954. The Morgan fingerprint density at radius 3 is 3.00 bits per heavy atom. The zero-order valence-corrected chi connectivity index (χ0v) is 9.34. The Morgan fingerprint density at radius 1 is 1.41 bits per heavy atom. The molecule has 0 saturated heterocycles. The van der Waals surface area contributed by atoms with Crippen molar-refractivity contribution >= 4 is 11.6 Å². The first-order chi connectivity index (χ1) is 8.34. The third-order valence-corrected chi connectivity index (χ3v) is 3.41. The van der Waals surface area contributed by atoms with Gasteiger partial charge in [0.1, 0.15) is 0 Å². The maximum Gasteiger partial charge on any atom is 0.271 e. The van der Waals surface area contributed by atoms with Crippen molar-refractivity contribution in [2.75, 3.05) is 0 Å². The Balaban J connectivity index is 1.62. The molecule has 0 aliphatic heterocycles. The van der Waals surface area contributed by atoms with Gasteiger partial charge in [-0.15, -0.1) is 0 Å². The number of amides is 1. The van der Waals surface area contributed by atoms with Crippen molar-refractivity contribution in [1.82, 2.24) is 10.4 Å². The number of aromatic nitrogens is 1. The monoisotopic (exact) mass is 227 g/mol. The molecule has 1 amide bonds. The first-order valence-electron chi connectivity index (χ1n) is 5.78. The van der Waals surface area contributed by atoms with Gasteiger partial charge in [-0.25, -0.2) is 5.43 Å². The molecule has 1 saturated carbocycles. The van der Waals surface area contributed by atoms with E-state index in [2.05, 4.69) is 27.7 Å². The molecule has 2 aliphatic rings. The Labute approximate surface area is 99.4 Å². The molecule has 86 valence electrons. The van der Waals surface area contributed by atoms with Crippen molar-refractivity contribution in [2.24, 2.45) is 16.9 Å². The van der Waals surface area contributed by atoms with E-state index in [9.17, 15) is 4.79 Å². The Kier molecular flexibility index (Phi) is 2.48. The number of pyridine rings is 1. The number of fused-ring (bicyclic) bond motifs is 1. The third-order valence-electron chi connectivity index (χ3n) is 3.41. The van der Waals surface area contributed by atoms with Gasteiger partial charge in [0.15, 0.2) is 0 Å². The van der Waals surface area contributed by atoms with Gasteiger partial charge in [-0.2, -0.15) is 5.10 Å². The molecular weight excluding hydrogens is 214 g/mol. The highest BCUT2D eigenvalue weighted by Crippen LogP contribution is 2.39. The molecule has 4 nitrogen and oxygen atoms in total. The molecule has 3 rings (SSSR count). The summed E-state index contributed by atoms with van der Waals surface area (Å²) < 4.78 is 0. The van der Waals surface area contributed by atoms with Crippen LogP contribution in [-0.2, 0) is 0 Å². The van der Waals surface area contributed by atoms with Crippen LogP contribution in [0.2, 0.25) is 0 Å². The average Bonchev–Trinajstić information content (AvgIpc) is 2.72. The number of hydrogen-bond acceptors (Lipinski definition) is 3. The minimum absolute atomic E-state index is 0.172.